The van der Waals surface area contributed by atoms with Crippen LogP contribution in [0.15, 0.2) is 42.5 Å². The van der Waals surface area contributed by atoms with E-state index in [4.69, 9.17) is 4.74 Å². The van der Waals surface area contributed by atoms with E-state index in [1.807, 2.05) is 31.2 Å². The second-order valence-electron chi connectivity index (χ2n) is 6.11. The van der Waals surface area contributed by atoms with E-state index in [9.17, 15) is 4.79 Å². The summed E-state index contributed by atoms with van der Waals surface area (Å²) in [6.45, 7) is 5.66. The van der Waals surface area contributed by atoms with Crippen molar-refractivity contribution in [1.82, 2.24) is 5.32 Å². The molecule has 2 aromatic carbocycles. The molecule has 1 amide bonds. The van der Waals surface area contributed by atoms with Crippen LogP contribution in [-0.2, 0) is 17.6 Å². The molecule has 0 radical (unpaired) electrons. The van der Waals surface area contributed by atoms with E-state index in [1.165, 1.54) is 11.1 Å². The van der Waals surface area contributed by atoms with Crippen LogP contribution in [0, 0.1) is 6.92 Å². The third-order valence-electron chi connectivity index (χ3n) is 4.28. The first kappa shape index (κ1) is 19.0. The smallest absolute Gasteiger partial charge is 0.225 e. The van der Waals surface area contributed by atoms with Gasteiger partial charge >= 0.3 is 0 Å². The predicted molar refractivity (Wildman–Crippen MR) is 103 cm³/mol. The largest absolute Gasteiger partial charge is 0.497 e. The molecule has 0 spiro atoms. The highest BCUT2D eigenvalue weighted by Crippen LogP contribution is 2.21. The Labute approximate surface area is 150 Å². The second kappa shape index (κ2) is 9.84. The molecule has 4 heteroatoms. The number of hydrogen-bond acceptors (Lipinski definition) is 3. The second-order valence-corrected chi connectivity index (χ2v) is 6.11. The zero-order valence-corrected chi connectivity index (χ0v) is 15.4. The van der Waals surface area contributed by atoms with Gasteiger partial charge in [0.05, 0.1) is 7.11 Å². The zero-order chi connectivity index (χ0) is 18.1. The number of hydrogen-bond donors (Lipinski definition) is 2. The summed E-state index contributed by atoms with van der Waals surface area (Å²) in [4.78, 5) is 12.2. The number of ether oxygens (including phenoxy) is 1. The summed E-state index contributed by atoms with van der Waals surface area (Å²) in [6, 6.07) is 14.2. The number of carbonyl (C=O) groups excluding carboxylic acids is 1. The molecular weight excluding hydrogens is 312 g/mol. The Balaban J connectivity index is 1.70. The average molecular weight is 340 g/mol. The van der Waals surface area contributed by atoms with Crippen molar-refractivity contribution in [3.63, 3.8) is 0 Å². The van der Waals surface area contributed by atoms with Gasteiger partial charge in [-0.3, -0.25) is 4.79 Å². The fourth-order valence-corrected chi connectivity index (χ4v) is 2.76. The predicted octanol–water partition coefficient (Wildman–Crippen LogP) is 3.73. The molecule has 2 rings (SSSR count). The Morgan fingerprint density at radius 1 is 1.08 bits per heavy atom. The minimum atomic E-state index is 0.0564. The van der Waals surface area contributed by atoms with Crippen molar-refractivity contribution in [3.05, 3.63) is 59.2 Å². The highest BCUT2D eigenvalue weighted by molar-refractivity contribution is 5.92. The first-order valence-electron chi connectivity index (χ1n) is 8.86. The van der Waals surface area contributed by atoms with Crippen LogP contribution in [0.1, 0.15) is 30.0 Å². The molecular formula is C21H28N2O2. The van der Waals surface area contributed by atoms with Crippen LogP contribution in [0.2, 0.25) is 0 Å². The topological polar surface area (TPSA) is 50.4 Å². The number of benzene rings is 2. The van der Waals surface area contributed by atoms with Gasteiger partial charge in [0.1, 0.15) is 5.75 Å². The molecule has 0 unspecified atom stereocenters. The molecule has 0 heterocycles. The minimum absolute atomic E-state index is 0.0564. The third-order valence-corrected chi connectivity index (χ3v) is 4.28. The van der Waals surface area contributed by atoms with Gasteiger partial charge in [-0.15, -0.1) is 0 Å². The summed E-state index contributed by atoms with van der Waals surface area (Å²) >= 11 is 0. The average Bonchev–Trinajstić information content (AvgIpc) is 2.63. The van der Waals surface area contributed by atoms with Crippen LogP contribution in [0.4, 0.5) is 5.69 Å². The quantitative estimate of drug-likeness (QED) is 0.684. The molecule has 25 heavy (non-hydrogen) atoms. The number of methoxy groups -OCH3 is 1. The third kappa shape index (κ3) is 5.91. The number of carbonyl (C=O) groups is 1. The first-order valence-corrected chi connectivity index (χ1v) is 8.86. The van der Waals surface area contributed by atoms with Crippen molar-refractivity contribution >= 4 is 11.6 Å². The normalized spacial score (nSPS) is 10.5. The summed E-state index contributed by atoms with van der Waals surface area (Å²) in [6.07, 6.45) is 2.32. The molecule has 4 nitrogen and oxygen atoms in total. The van der Waals surface area contributed by atoms with Crippen LogP contribution in [0.5, 0.6) is 5.75 Å². The lowest BCUT2D eigenvalue weighted by atomic mass is 10.1. The van der Waals surface area contributed by atoms with Crippen molar-refractivity contribution < 1.29 is 9.53 Å². The van der Waals surface area contributed by atoms with E-state index in [2.05, 4.69) is 35.8 Å². The van der Waals surface area contributed by atoms with E-state index in [-0.39, 0.29) is 5.91 Å². The number of rotatable bonds is 9. The summed E-state index contributed by atoms with van der Waals surface area (Å²) in [5.74, 6) is 0.928. The maximum Gasteiger partial charge on any atom is 0.225 e. The molecule has 0 saturated carbocycles. The van der Waals surface area contributed by atoms with Gasteiger partial charge in [-0.25, -0.2) is 0 Å². The van der Waals surface area contributed by atoms with E-state index in [0.29, 0.717) is 13.0 Å². The van der Waals surface area contributed by atoms with Crippen LogP contribution in [-0.4, -0.2) is 26.1 Å². The Hall–Kier alpha value is -2.33. The SMILES string of the molecule is CCc1cccc(C)c1NC(=O)CCNCCc1ccc(OC)cc1. The molecule has 0 aliphatic heterocycles. The Morgan fingerprint density at radius 2 is 1.84 bits per heavy atom. The van der Waals surface area contributed by atoms with Crippen molar-refractivity contribution in [1.29, 1.82) is 0 Å². The summed E-state index contributed by atoms with van der Waals surface area (Å²) < 4.78 is 5.15. The van der Waals surface area contributed by atoms with E-state index in [1.54, 1.807) is 7.11 Å². The number of amides is 1. The molecule has 2 N–H and O–H groups in total. The Bertz CT molecular complexity index is 681. The highest BCUT2D eigenvalue weighted by atomic mass is 16.5. The molecule has 0 aliphatic carbocycles. The molecule has 0 atom stereocenters. The van der Waals surface area contributed by atoms with Crippen molar-refractivity contribution in [2.24, 2.45) is 0 Å². The maximum atomic E-state index is 12.2. The van der Waals surface area contributed by atoms with Gasteiger partial charge in [-0.1, -0.05) is 37.3 Å². The van der Waals surface area contributed by atoms with Crippen molar-refractivity contribution in [2.45, 2.75) is 33.1 Å². The zero-order valence-electron chi connectivity index (χ0n) is 15.4. The lowest BCUT2D eigenvalue weighted by molar-refractivity contribution is -0.116. The number of aryl methyl sites for hydroxylation is 2. The van der Waals surface area contributed by atoms with Gasteiger partial charge in [-0.05, 0) is 55.1 Å². The highest BCUT2D eigenvalue weighted by Gasteiger charge is 2.08. The Morgan fingerprint density at radius 3 is 2.52 bits per heavy atom. The number of nitrogens with one attached hydrogen (secondary N) is 2. The number of para-hydroxylation sites is 1. The van der Waals surface area contributed by atoms with Crippen LogP contribution in [0.25, 0.3) is 0 Å². The van der Waals surface area contributed by atoms with Gasteiger partial charge in [0.25, 0.3) is 0 Å². The molecule has 0 aromatic heterocycles. The fourth-order valence-electron chi connectivity index (χ4n) is 2.76. The fraction of sp³-hybridized carbons (Fsp3) is 0.381. The molecule has 0 bridgehead atoms. The maximum absolute atomic E-state index is 12.2. The lowest BCUT2D eigenvalue weighted by Gasteiger charge is -2.13. The first-order chi connectivity index (χ1) is 12.1. The van der Waals surface area contributed by atoms with Gasteiger partial charge in [0.2, 0.25) is 5.91 Å². The summed E-state index contributed by atoms with van der Waals surface area (Å²) in [5.41, 5.74) is 4.51. The molecule has 0 saturated heterocycles. The van der Waals surface area contributed by atoms with Crippen LogP contribution >= 0.6 is 0 Å². The molecule has 0 fully saturated rings. The van der Waals surface area contributed by atoms with E-state index < -0.39 is 0 Å². The van der Waals surface area contributed by atoms with Gasteiger partial charge < -0.3 is 15.4 Å². The number of anilines is 1. The van der Waals surface area contributed by atoms with Crippen molar-refractivity contribution in [2.75, 3.05) is 25.5 Å². The van der Waals surface area contributed by atoms with E-state index >= 15 is 0 Å². The lowest BCUT2D eigenvalue weighted by Crippen LogP contribution is -2.24. The monoisotopic (exact) mass is 340 g/mol. The molecule has 2 aromatic rings. The van der Waals surface area contributed by atoms with Gasteiger partial charge in [0, 0.05) is 18.7 Å². The summed E-state index contributed by atoms with van der Waals surface area (Å²) in [7, 11) is 1.67. The minimum Gasteiger partial charge on any atom is -0.497 e. The summed E-state index contributed by atoms with van der Waals surface area (Å²) in [5, 5.41) is 6.39. The molecule has 134 valence electrons. The van der Waals surface area contributed by atoms with Crippen LogP contribution < -0.4 is 15.4 Å². The van der Waals surface area contributed by atoms with Gasteiger partial charge in [0.15, 0.2) is 0 Å². The van der Waals surface area contributed by atoms with Crippen molar-refractivity contribution in [3.8, 4) is 5.75 Å². The van der Waals surface area contributed by atoms with E-state index in [0.717, 1.165) is 36.4 Å². The molecule has 0 aliphatic rings. The van der Waals surface area contributed by atoms with Crippen LogP contribution in [0.3, 0.4) is 0 Å². The Kier molecular flexibility index (Phi) is 7.48. The standard InChI is InChI=1S/C21H28N2O2/c1-4-18-7-5-6-16(2)21(18)23-20(24)13-15-22-14-12-17-8-10-19(25-3)11-9-17/h5-11,22H,4,12-15H2,1-3H3,(H,23,24). The van der Waals surface area contributed by atoms with Gasteiger partial charge in [-0.2, -0.15) is 0 Å².